The molecule has 3 fully saturated rings. The van der Waals surface area contributed by atoms with Crippen LogP contribution in [0.15, 0.2) is 47.5 Å². The predicted octanol–water partition coefficient (Wildman–Crippen LogP) is 4.76. The summed E-state index contributed by atoms with van der Waals surface area (Å²) < 4.78 is 2.03. The molecule has 4 heterocycles. The number of carbonyl (C=O) groups excluding carboxylic acids is 1. The number of aromatic nitrogens is 3. The van der Waals surface area contributed by atoms with Crippen LogP contribution in [0.3, 0.4) is 0 Å². The van der Waals surface area contributed by atoms with Crippen molar-refractivity contribution < 1.29 is 4.79 Å². The molecule has 1 saturated carbocycles. The van der Waals surface area contributed by atoms with Crippen LogP contribution in [0, 0.1) is 0 Å². The lowest BCUT2D eigenvalue weighted by Crippen LogP contribution is -2.50. The van der Waals surface area contributed by atoms with Crippen LogP contribution in [0.2, 0.25) is 0 Å². The Bertz CT molecular complexity index is 1330. The molecule has 0 radical (unpaired) electrons. The molecule has 3 atom stereocenters. The molecule has 37 heavy (non-hydrogen) atoms. The van der Waals surface area contributed by atoms with E-state index in [2.05, 4.69) is 9.88 Å². The summed E-state index contributed by atoms with van der Waals surface area (Å²) in [4.78, 5) is 37.8. The summed E-state index contributed by atoms with van der Waals surface area (Å²) in [7, 11) is 0. The molecule has 2 bridgehead atoms. The Morgan fingerprint density at radius 2 is 1.59 bits per heavy atom. The first kappa shape index (κ1) is 24.3. The van der Waals surface area contributed by atoms with Gasteiger partial charge in [-0.25, -0.2) is 4.98 Å². The maximum absolute atomic E-state index is 14.0. The third kappa shape index (κ3) is 4.70. The summed E-state index contributed by atoms with van der Waals surface area (Å²) in [6.45, 7) is 0. The number of nitrogens with zero attached hydrogens (tertiary/aromatic N) is 4. The fourth-order valence-corrected chi connectivity index (χ4v) is 7.39. The van der Waals surface area contributed by atoms with E-state index < -0.39 is 5.91 Å². The second-order valence-corrected chi connectivity index (χ2v) is 11.3. The Hall–Kier alpha value is -3.06. The van der Waals surface area contributed by atoms with Crippen molar-refractivity contribution in [1.29, 1.82) is 0 Å². The molecule has 2 aromatic heterocycles. The van der Waals surface area contributed by atoms with Gasteiger partial charge in [-0.05, 0) is 62.3 Å². The molecule has 7 nitrogen and oxygen atoms in total. The number of primary amides is 1. The maximum Gasteiger partial charge on any atom is 0.273 e. The van der Waals surface area contributed by atoms with Gasteiger partial charge in [0.1, 0.15) is 5.69 Å². The van der Waals surface area contributed by atoms with Crippen LogP contribution in [0.5, 0.6) is 0 Å². The lowest BCUT2D eigenvalue weighted by molar-refractivity contribution is 0.0497. The van der Waals surface area contributed by atoms with Crippen molar-refractivity contribution in [3.8, 4) is 0 Å². The van der Waals surface area contributed by atoms with E-state index in [1.165, 1.54) is 57.8 Å². The second kappa shape index (κ2) is 10.4. The summed E-state index contributed by atoms with van der Waals surface area (Å²) in [5, 5.41) is 0. The van der Waals surface area contributed by atoms with Crippen LogP contribution in [-0.4, -0.2) is 43.5 Å². The average Bonchev–Trinajstić information content (AvgIpc) is 3.13. The lowest BCUT2D eigenvalue weighted by atomic mass is 9.89. The maximum atomic E-state index is 14.0. The van der Waals surface area contributed by atoms with Crippen LogP contribution in [0.25, 0.3) is 11.0 Å². The molecule has 3 aromatic rings. The lowest BCUT2D eigenvalue weighted by Gasteiger charge is -2.45. The summed E-state index contributed by atoms with van der Waals surface area (Å²) >= 11 is 0. The molecule has 1 unspecified atom stereocenters. The highest BCUT2D eigenvalue weighted by atomic mass is 16.1. The van der Waals surface area contributed by atoms with Gasteiger partial charge >= 0.3 is 0 Å². The number of para-hydroxylation sites is 2. The molecule has 7 heteroatoms. The van der Waals surface area contributed by atoms with Gasteiger partial charge in [-0.2, -0.15) is 0 Å². The van der Waals surface area contributed by atoms with Gasteiger partial charge in [0.15, 0.2) is 0 Å². The van der Waals surface area contributed by atoms with Gasteiger partial charge in [-0.1, -0.05) is 44.2 Å². The largest absolute Gasteiger partial charge is 0.366 e. The summed E-state index contributed by atoms with van der Waals surface area (Å²) in [5.41, 5.74) is 8.74. The van der Waals surface area contributed by atoms with E-state index >= 15 is 0 Å². The van der Waals surface area contributed by atoms with Crippen LogP contribution >= 0.6 is 0 Å². The zero-order valence-electron chi connectivity index (χ0n) is 21.5. The van der Waals surface area contributed by atoms with Crippen molar-refractivity contribution in [3.63, 3.8) is 0 Å². The highest BCUT2D eigenvalue weighted by Gasteiger charge is 2.44. The predicted molar refractivity (Wildman–Crippen MR) is 145 cm³/mol. The highest BCUT2D eigenvalue weighted by Crippen LogP contribution is 2.44. The van der Waals surface area contributed by atoms with Gasteiger partial charge in [0.2, 0.25) is 5.91 Å². The van der Waals surface area contributed by atoms with E-state index in [1.54, 1.807) is 18.5 Å². The Morgan fingerprint density at radius 3 is 2.32 bits per heavy atom. The minimum atomic E-state index is -0.517. The molecule has 6 rings (SSSR count). The van der Waals surface area contributed by atoms with E-state index in [4.69, 9.17) is 10.7 Å². The summed E-state index contributed by atoms with van der Waals surface area (Å²) in [5.74, 6) is -0.517. The minimum Gasteiger partial charge on any atom is -0.366 e. The van der Waals surface area contributed by atoms with E-state index in [0.717, 1.165) is 23.9 Å². The number of piperidine rings is 1. The molecular weight excluding hydrogens is 462 g/mol. The molecular formula is C30H37N5O2. The van der Waals surface area contributed by atoms with E-state index in [-0.39, 0.29) is 18.0 Å². The fraction of sp³-hybridized carbons (Fsp3) is 0.533. The number of benzene rings is 1. The van der Waals surface area contributed by atoms with E-state index in [9.17, 15) is 9.59 Å². The Kier molecular flexibility index (Phi) is 6.80. The number of fused-ring (bicyclic) bond motifs is 3. The molecule has 0 spiro atoms. The highest BCUT2D eigenvalue weighted by molar-refractivity contribution is 5.94. The SMILES string of the molecule is NC(=O)c1ccncc1Cc1nc2ccccc2n(C2C[C@H]3CC[C@@H](C2)N3C2CCCCCCC2)c1=O. The normalized spacial score (nSPS) is 25.1. The van der Waals surface area contributed by atoms with Crippen molar-refractivity contribution >= 4 is 16.9 Å². The van der Waals surface area contributed by atoms with Gasteiger partial charge < -0.3 is 10.3 Å². The summed E-state index contributed by atoms with van der Waals surface area (Å²) in [6, 6.07) is 11.5. The first-order chi connectivity index (χ1) is 18.1. The fourth-order valence-electron chi connectivity index (χ4n) is 7.39. The zero-order valence-corrected chi connectivity index (χ0v) is 21.5. The number of amides is 1. The number of rotatable bonds is 5. The third-order valence-corrected chi connectivity index (χ3v) is 9.02. The number of pyridine rings is 1. The van der Waals surface area contributed by atoms with Crippen molar-refractivity contribution in [2.75, 3.05) is 0 Å². The smallest absolute Gasteiger partial charge is 0.273 e. The Morgan fingerprint density at radius 1 is 0.892 bits per heavy atom. The van der Waals surface area contributed by atoms with E-state index in [0.29, 0.717) is 34.9 Å². The molecule has 2 N–H and O–H groups in total. The van der Waals surface area contributed by atoms with Crippen LogP contribution in [0.1, 0.15) is 98.3 Å². The molecule has 2 aliphatic heterocycles. The van der Waals surface area contributed by atoms with Gasteiger partial charge in [0, 0.05) is 48.5 Å². The van der Waals surface area contributed by atoms with Crippen molar-refractivity contribution in [2.24, 2.45) is 5.73 Å². The molecule has 194 valence electrons. The van der Waals surface area contributed by atoms with Gasteiger partial charge in [-0.3, -0.25) is 19.5 Å². The second-order valence-electron chi connectivity index (χ2n) is 11.3. The third-order valence-electron chi connectivity index (χ3n) is 9.02. The monoisotopic (exact) mass is 499 g/mol. The first-order valence-corrected chi connectivity index (χ1v) is 14.1. The number of hydrogen-bond acceptors (Lipinski definition) is 5. The average molecular weight is 500 g/mol. The molecule has 2 saturated heterocycles. The standard InChI is InChI=1S/C30H37N5O2/c31-29(36)25-14-15-32-19-20(25)16-27-30(37)35(28-11-7-6-10-26(28)33-27)24-17-22-12-13-23(18-24)34(22)21-8-4-2-1-3-5-9-21/h6-7,10-11,14-15,19,21-24H,1-5,8-9,12-13,16-18H2,(H2,31,36)/t22-,23+,24?. The first-order valence-electron chi connectivity index (χ1n) is 14.1. The van der Waals surface area contributed by atoms with Gasteiger partial charge in [-0.15, -0.1) is 0 Å². The quantitative estimate of drug-likeness (QED) is 0.546. The number of nitrogens with two attached hydrogens (primary N) is 1. The Balaban J connectivity index is 1.34. The van der Waals surface area contributed by atoms with Crippen LogP contribution in [0.4, 0.5) is 0 Å². The van der Waals surface area contributed by atoms with Crippen molar-refractivity contribution in [1.82, 2.24) is 19.4 Å². The topological polar surface area (TPSA) is 94.1 Å². The molecule has 1 aliphatic carbocycles. The Labute approximate surface area is 218 Å². The van der Waals surface area contributed by atoms with Gasteiger partial charge in [0.25, 0.3) is 5.56 Å². The van der Waals surface area contributed by atoms with Crippen molar-refractivity contribution in [3.05, 3.63) is 69.9 Å². The molecule has 3 aliphatic rings. The van der Waals surface area contributed by atoms with Crippen LogP contribution in [-0.2, 0) is 6.42 Å². The van der Waals surface area contributed by atoms with Crippen LogP contribution < -0.4 is 11.3 Å². The number of hydrogen-bond donors (Lipinski definition) is 1. The number of carbonyl (C=O) groups is 1. The van der Waals surface area contributed by atoms with Crippen molar-refractivity contribution in [2.45, 2.75) is 101 Å². The zero-order chi connectivity index (χ0) is 25.4. The molecule has 1 aromatic carbocycles. The molecule has 1 amide bonds. The van der Waals surface area contributed by atoms with E-state index in [1.807, 2.05) is 28.8 Å². The van der Waals surface area contributed by atoms with Gasteiger partial charge in [0.05, 0.1) is 11.0 Å². The summed E-state index contributed by atoms with van der Waals surface area (Å²) in [6.07, 6.45) is 17.4. The minimum absolute atomic E-state index is 0.0539.